The maximum Gasteiger partial charge on any atom is 0.390 e. The van der Waals surface area contributed by atoms with Gasteiger partial charge in [-0.25, -0.2) is 9.97 Å². The monoisotopic (exact) mass is 248 g/mol. The Balaban J connectivity index is 2.64. The van der Waals surface area contributed by atoms with Crippen molar-refractivity contribution in [3.63, 3.8) is 0 Å². The quantitative estimate of drug-likeness (QED) is 0.840. The number of alkyl halides is 3. The van der Waals surface area contributed by atoms with Gasteiger partial charge in [0.1, 0.15) is 17.5 Å². The highest BCUT2D eigenvalue weighted by Crippen LogP contribution is 2.19. The van der Waals surface area contributed by atoms with Crippen LogP contribution in [-0.2, 0) is 6.42 Å². The average Bonchev–Trinajstić information content (AvgIpc) is 2.26. The molecule has 0 saturated carbocycles. The third-order valence-electron chi connectivity index (χ3n) is 2.06. The molecule has 1 rings (SSSR count). The lowest BCUT2D eigenvalue weighted by Crippen LogP contribution is -2.15. The van der Waals surface area contributed by atoms with Gasteiger partial charge in [-0.1, -0.05) is 6.92 Å². The molecule has 0 aliphatic heterocycles. The minimum absolute atomic E-state index is 0.188. The van der Waals surface area contributed by atoms with Crippen LogP contribution in [0.15, 0.2) is 6.07 Å². The molecule has 96 valence electrons. The molecule has 0 aromatic carbocycles. The zero-order valence-electron chi connectivity index (χ0n) is 9.73. The largest absolute Gasteiger partial charge is 0.390 e. The Labute approximate surface area is 97.7 Å². The standard InChI is InChI=1S/C10H15F3N4/c1-3-7-16-8(14-2)6-9(17-7)15-5-4-10(11,12)13/h6H,3-5H2,1-2H3,(H2,14,15,16,17). The van der Waals surface area contributed by atoms with Gasteiger partial charge in [0, 0.05) is 26.1 Å². The van der Waals surface area contributed by atoms with E-state index in [2.05, 4.69) is 20.6 Å². The van der Waals surface area contributed by atoms with Gasteiger partial charge < -0.3 is 10.6 Å². The lowest BCUT2D eigenvalue weighted by Gasteiger charge is -2.10. The fourth-order valence-electron chi connectivity index (χ4n) is 1.21. The van der Waals surface area contributed by atoms with Crippen molar-refractivity contribution in [2.24, 2.45) is 0 Å². The molecular formula is C10H15F3N4. The predicted molar refractivity (Wildman–Crippen MR) is 60.1 cm³/mol. The first-order valence-corrected chi connectivity index (χ1v) is 5.31. The molecule has 4 nitrogen and oxygen atoms in total. The third-order valence-corrected chi connectivity index (χ3v) is 2.06. The number of aromatic nitrogens is 2. The number of nitrogens with one attached hydrogen (secondary N) is 2. The highest BCUT2D eigenvalue weighted by atomic mass is 19.4. The van der Waals surface area contributed by atoms with Crippen LogP contribution in [0.25, 0.3) is 0 Å². The molecule has 7 heteroatoms. The Morgan fingerprint density at radius 3 is 2.41 bits per heavy atom. The van der Waals surface area contributed by atoms with Crippen LogP contribution in [0.5, 0.6) is 0 Å². The minimum atomic E-state index is -4.15. The van der Waals surface area contributed by atoms with Crippen LogP contribution in [-0.4, -0.2) is 29.7 Å². The molecule has 1 aromatic heterocycles. The third kappa shape index (κ3) is 4.88. The second-order valence-corrected chi connectivity index (χ2v) is 3.45. The van der Waals surface area contributed by atoms with E-state index >= 15 is 0 Å². The number of hydrogen-bond donors (Lipinski definition) is 2. The molecule has 0 aliphatic carbocycles. The summed E-state index contributed by atoms with van der Waals surface area (Å²) in [5.41, 5.74) is 0. The molecule has 17 heavy (non-hydrogen) atoms. The Morgan fingerprint density at radius 2 is 1.88 bits per heavy atom. The van der Waals surface area contributed by atoms with E-state index in [0.717, 1.165) is 0 Å². The van der Waals surface area contributed by atoms with Crippen molar-refractivity contribution in [1.29, 1.82) is 0 Å². The normalized spacial score (nSPS) is 11.4. The lowest BCUT2D eigenvalue weighted by molar-refractivity contribution is -0.131. The summed E-state index contributed by atoms with van der Waals surface area (Å²) in [5.74, 6) is 1.59. The van der Waals surface area contributed by atoms with Crippen molar-refractivity contribution in [2.45, 2.75) is 25.9 Å². The first-order chi connectivity index (χ1) is 7.94. The molecule has 0 unspecified atom stereocenters. The Bertz CT molecular complexity index is 343. The zero-order chi connectivity index (χ0) is 12.9. The summed E-state index contributed by atoms with van der Waals surface area (Å²) >= 11 is 0. The van der Waals surface area contributed by atoms with Crippen LogP contribution >= 0.6 is 0 Å². The van der Waals surface area contributed by atoms with E-state index in [1.165, 1.54) is 0 Å². The molecule has 0 saturated heterocycles. The Kier molecular flexibility index (Phi) is 4.53. The summed E-state index contributed by atoms with van der Waals surface area (Å²) in [5, 5.41) is 5.47. The van der Waals surface area contributed by atoms with E-state index in [1.54, 1.807) is 13.1 Å². The number of rotatable bonds is 5. The smallest absolute Gasteiger partial charge is 0.373 e. The van der Waals surface area contributed by atoms with Crippen molar-refractivity contribution in [2.75, 3.05) is 24.2 Å². The molecule has 0 amide bonds. The van der Waals surface area contributed by atoms with Crippen LogP contribution in [0.2, 0.25) is 0 Å². The average molecular weight is 248 g/mol. The van der Waals surface area contributed by atoms with Gasteiger partial charge in [-0.15, -0.1) is 0 Å². The zero-order valence-corrected chi connectivity index (χ0v) is 9.73. The van der Waals surface area contributed by atoms with E-state index in [1.807, 2.05) is 6.92 Å². The predicted octanol–water partition coefficient (Wildman–Crippen LogP) is 2.45. The first kappa shape index (κ1) is 13.5. The summed E-state index contributed by atoms with van der Waals surface area (Å²) in [7, 11) is 1.70. The fraction of sp³-hybridized carbons (Fsp3) is 0.600. The summed E-state index contributed by atoms with van der Waals surface area (Å²) in [6.45, 7) is 1.70. The van der Waals surface area contributed by atoms with E-state index in [0.29, 0.717) is 23.9 Å². The van der Waals surface area contributed by atoms with E-state index in [4.69, 9.17) is 0 Å². The van der Waals surface area contributed by atoms with Gasteiger partial charge in [0.15, 0.2) is 0 Å². The van der Waals surface area contributed by atoms with Crippen LogP contribution < -0.4 is 10.6 Å². The molecule has 2 N–H and O–H groups in total. The number of aryl methyl sites for hydroxylation is 1. The van der Waals surface area contributed by atoms with Gasteiger partial charge in [-0.2, -0.15) is 13.2 Å². The molecule has 1 aromatic rings. The van der Waals surface area contributed by atoms with Crippen molar-refractivity contribution in [3.05, 3.63) is 11.9 Å². The second-order valence-electron chi connectivity index (χ2n) is 3.45. The van der Waals surface area contributed by atoms with E-state index < -0.39 is 12.6 Å². The van der Waals surface area contributed by atoms with Gasteiger partial charge in [-0.3, -0.25) is 0 Å². The number of anilines is 2. The number of hydrogen-bond acceptors (Lipinski definition) is 4. The van der Waals surface area contributed by atoms with Crippen molar-refractivity contribution < 1.29 is 13.2 Å². The number of nitrogens with zero attached hydrogens (tertiary/aromatic N) is 2. The molecule has 0 bridgehead atoms. The molecule has 1 heterocycles. The SMILES string of the molecule is CCc1nc(NC)cc(NCCC(F)(F)F)n1. The summed E-state index contributed by atoms with van der Waals surface area (Å²) in [6, 6.07) is 1.58. The van der Waals surface area contributed by atoms with Crippen LogP contribution in [0, 0.1) is 0 Å². The van der Waals surface area contributed by atoms with Crippen molar-refractivity contribution in [1.82, 2.24) is 9.97 Å². The van der Waals surface area contributed by atoms with Crippen LogP contribution in [0.1, 0.15) is 19.2 Å². The summed E-state index contributed by atoms with van der Waals surface area (Å²) < 4.78 is 35.9. The van der Waals surface area contributed by atoms with Crippen LogP contribution in [0.4, 0.5) is 24.8 Å². The topological polar surface area (TPSA) is 49.8 Å². The molecule has 0 aliphatic rings. The van der Waals surface area contributed by atoms with E-state index in [-0.39, 0.29) is 6.54 Å². The molecule has 0 spiro atoms. The molecule has 0 fully saturated rings. The molecule has 0 radical (unpaired) electrons. The van der Waals surface area contributed by atoms with Crippen molar-refractivity contribution >= 4 is 11.6 Å². The fourth-order valence-corrected chi connectivity index (χ4v) is 1.21. The number of halogens is 3. The molecular weight excluding hydrogens is 233 g/mol. The van der Waals surface area contributed by atoms with Crippen LogP contribution in [0.3, 0.4) is 0 Å². The second kappa shape index (κ2) is 5.70. The Hall–Kier alpha value is -1.53. The highest BCUT2D eigenvalue weighted by molar-refractivity contribution is 5.47. The minimum Gasteiger partial charge on any atom is -0.373 e. The van der Waals surface area contributed by atoms with E-state index in [9.17, 15) is 13.2 Å². The summed E-state index contributed by atoms with van der Waals surface area (Å²) in [6.07, 6.45) is -4.41. The highest BCUT2D eigenvalue weighted by Gasteiger charge is 2.26. The lowest BCUT2D eigenvalue weighted by atomic mass is 10.4. The Morgan fingerprint density at radius 1 is 1.24 bits per heavy atom. The van der Waals surface area contributed by atoms with Gasteiger partial charge in [-0.05, 0) is 0 Å². The first-order valence-electron chi connectivity index (χ1n) is 5.31. The molecule has 0 atom stereocenters. The summed E-state index contributed by atoms with van der Waals surface area (Å²) in [4.78, 5) is 8.23. The van der Waals surface area contributed by atoms with Gasteiger partial charge in [0.25, 0.3) is 0 Å². The van der Waals surface area contributed by atoms with Gasteiger partial charge >= 0.3 is 6.18 Å². The van der Waals surface area contributed by atoms with Gasteiger partial charge in [0.05, 0.1) is 6.42 Å². The van der Waals surface area contributed by atoms with Crippen molar-refractivity contribution in [3.8, 4) is 0 Å². The maximum atomic E-state index is 12.0. The van der Waals surface area contributed by atoms with Gasteiger partial charge in [0.2, 0.25) is 0 Å². The maximum absolute atomic E-state index is 12.0.